The fourth-order valence-electron chi connectivity index (χ4n) is 0.836. The predicted octanol–water partition coefficient (Wildman–Crippen LogP) is 1.42. The highest BCUT2D eigenvalue weighted by Gasteiger charge is 2.16. The van der Waals surface area contributed by atoms with Gasteiger partial charge in [0.05, 0.1) is 5.69 Å². The van der Waals surface area contributed by atoms with Crippen LogP contribution in [0, 0.1) is 9.39 Å². The van der Waals surface area contributed by atoms with Gasteiger partial charge in [0.2, 0.25) is 0 Å². The van der Waals surface area contributed by atoms with Crippen molar-refractivity contribution in [2.75, 3.05) is 12.0 Å². The van der Waals surface area contributed by atoms with Crippen LogP contribution >= 0.6 is 22.6 Å². The number of hydrogen-bond acceptors (Lipinski definition) is 3. The van der Waals surface area contributed by atoms with Crippen LogP contribution in [0.15, 0.2) is 17.0 Å². The molecule has 1 rings (SSSR count). The fraction of sp³-hybridized carbons (Fsp3) is 0.143. The number of hydrogen-bond donors (Lipinski definition) is 1. The minimum absolute atomic E-state index is 0.122. The van der Waals surface area contributed by atoms with Crippen molar-refractivity contribution in [1.82, 2.24) is 0 Å². The first-order valence-electron chi connectivity index (χ1n) is 3.27. The van der Waals surface area contributed by atoms with Crippen LogP contribution in [0.2, 0.25) is 0 Å². The van der Waals surface area contributed by atoms with Crippen molar-refractivity contribution >= 4 is 38.1 Å². The lowest BCUT2D eigenvalue weighted by molar-refractivity contribution is 0.573. The van der Waals surface area contributed by atoms with E-state index >= 15 is 0 Å². The van der Waals surface area contributed by atoms with E-state index in [1.165, 1.54) is 12.1 Å². The van der Waals surface area contributed by atoms with Crippen LogP contribution in [0.25, 0.3) is 0 Å². The number of halogens is 2. The zero-order valence-electron chi connectivity index (χ0n) is 6.71. The number of sulfone groups is 1. The summed E-state index contributed by atoms with van der Waals surface area (Å²) in [5.74, 6) is -0.866. The van der Waals surface area contributed by atoms with Crippen molar-refractivity contribution in [2.45, 2.75) is 4.90 Å². The smallest absolute Gasteiger partial charge is 0.178 e. The van der Waals surface area contributed by atoms with E-state index in [4.69, 9.17) is 5.73 Å². The summed E-state index contributed by atoms with van der Waals surface area (Å²) in [4.78, 5) is -0.356. The highest BCUT2D eigenvalue weighted by atomic mass is 127. The van der Waals surface area contributed by atoms with E-state index in [-0.39, 0.29) is 10.6 Å². The maximum atomic E-state index is 13.2. The molecular formula is C7H7FINO2S. The molecule has 0 unspecified atom stereocenters. The van der Waals surface area contributed by atoms with Gasteiger partial charge in [-0.3, -0.25) is 0 Å². The highest BCUT2D eigenvalue weighted by Crippen LogP contribution is 2.24. The normalized spacial score (nSPS) is 11.6. The van der Waals surface area contributed by atoms with Gasteiger partial charge in [0.1, 0.15) is 4.90 Å². The van der Waals surface area contributed by atoms with Gasteiger partial charge >= 0.3 is 0 Å². The number of benzene rings is 1. The molecule has 0 aliphatic heterocycles. The minimum Gasteiger partial charge on any atom is -0.395 e. The predicted molar refractivity (Wildman–Crippen MR) is 56.6 cm³/mol. The zero-order valence-corrected chi connectivity index (χ0v) is 9.69. The number of anilines is 1. The Kier molecular flexibility index (Phi) is 2.81. The van der Waals surface area contributed by atoms with Crippen LogP contribution < -0.4 is 5.73 Å². The average Bonchev–Trinajstić information content (AvgIpc) is 1.98. The molecule has 2 N–H and O–H groups in total. The SMILES string of the molecule is CS(=O)(=O)c1ccc(I)c(N)c1F. The first-order valence-corrected chi connectivity index (χ1v) is 6.24. The first kappa shape index (κ1) is 10.7. The Morgan fingerprint density at radius 1 is 1.46 bits per heavy atom. The zero-order chi connectivity index (χ0) is 10.2. The third kappa shape index (κ3) is 2.11. The molecule has 0 heterocycles. The largest absolute Gasteiger partial charge is 0.395 e. The van der Waals surface area contributed by atoms with Gasteiger partial charge in [-0.15, -0.1) is 0 Å². The number of rotatable bonds is 1. The van der Waals surface area contributed by atoms with Crippen LogP contribution in [0.3, 0.4) is 0 Å². The van der Waals surface area contributed by atoms with Crippen molar-refractivity contribution in [3.63, 3.8) is 0 Å². The summed E-state index contributed by atoms with van der Waals surface area (Å²) >= 11 is 1.83. The molecule has 0 bridgehead atoms. The molecule has 1 aromatic rings. The van der Waals surface area contributed by atoms with E-state index in [0.29, 0.717) is 3.57 Å². The summed E-state index contributed by atoms with van der Waals surface area (Å²) in [7, 11) is -3.53. The lowest BCUT2D eigenvalue weighted by atomic mass is 10.3. The van der Waals surface area contributed by atoms with Crippen molar-refractivity contribution < 1.29 is 12.8 Å². The van der Waals surface area contributed by atoms with Gasteiger partial charge in [-0.1, -0.05) is 0 Å². The van der Waals surface area contributed by atoms with Gasteiger partial charge in [-0.25, -0.2) is 12.8 Å². The molecule has 1 aromatic carbocycles. The molecule has 72 valence electrons. The third-order valence-electron chi connectivity index (χ3n) is 1.49. The molecule has 13 heavy (non-hydrogen) atoms. The van der Waals surface area contributed by atoms with Crippen LogP contribution in [0.1, 0.15) is 0 Å². The third-order valence-corrected chi connectivity index (χ3v) is 3.55. The molecule has 0 saturated heterocycles. The van der Waals surface area contributed by atoms with Gasteiger partial charge < -0.3 is 5.73 Å². The quantitative estimate of drug-likeness (QED) is 0.630. The Balaban J connectivity index is 3.53. The molecule has 0 aliphatic rings. The number of nitrogens with two attached hydrogens (primary N) is 1. The van der Waals surface area contributed by atoms with Gasteiger partial charge in [-0.05, 0) is 34.7 Å². The second kappa shape index (κ2) is 3.41. The van der Waals surface area contributed by atoms with Crippen molar-refractivity contribution in [2.24, 2.45) is 0 Å². The summed E-state index contributed by atoms with van der Waals surface area (Å²) in [5.41, 5.74) is 5.21. The Bertz CT molecular complexity index is 444. The lowest BCUT2D eigenvalue weighted by Gasteiger charge is -2.04. The van der Waals surface area contributed by atoms with Crippen LogP contribution in [-0.2, 0) is 9.84 Å². The van der Waals surface area contributed by atoms with Crippen molar-refractivity contribution in [3.8, 4) is 0 Å². The van der Waals surface area contributed by atoms with Crippen LogP contribution in [0.4, 0.5) is 10.1 Å². The maximum Gasteiger partial charge on any atom is 0.178 e. The summed E-state index contributed by atoms with van der Waals surface area (Å²) in [6.45, 7) is 0. The van der Waals surface area contributed by atoms with Gasteiger partial charge in [0.15, 0.2) is 15.7 Å². The molecule has 0 aliphatic carbocycles. The summed E-state index contributed by atoms with van der Waals surface area (Å²) < 4.78 is 35.8. The molecule has 0 amide bonds. The first-order chi connectivity index (χ1) is 5.84. The Morgan fingerprint density at radius 2 is 2.00 bits per heavy atom. The van der Waals surface area contributed by atoms with Gasteiger partial charge in [0, 0.05) is 9.83 Å². The second-order valence-electron chi connectivity index (χ2n) is 2.55. The van der Waals surface area contributed by atoms with E-state index in [9.17, 15) is 12.8 Å². The molecule has 6 heteroatoms. The van der Waals surface area contributed by atoms with Gasteiger partial charge in [0.25, 0.3) is 0 Å². The molecule has 0 atom stereocenters. The maximum absolute atomic E-state index is 13.2. The standard InChI is InChI=1S/C7H7FINO2S/c1-13(11,12)5-3-2-4(9)7(10)6(5)8/h2-3H,10H2,1H3. The average molecular weight is 315 g/mol. The summed E-state index contributed by atoms with van der Waals surface area (Å²) in [6.07, 6.45) is 0.942. The monoisotopic (exact) mass is 315 g/mol. The Labute approximate surface area is 89.2 Å². The van der Waals surface area contributed by atoms with Crippen LogP contribution in [-0.4, -0.2) is 14.7 Å². The van der Waals surface area contributed by atoms with Crippen LogP contribution in [0.5, 0.6) is 0 Å². The molecular weight excluding hydrogens is 308 g/mol. The molecule has 0 spiro atoms. The molecule has 0 aromatic heterocycles. The van der Waals surface area contributed by atoms with Crippen molar-refractivity contribution in [3.05, 3.63) is 21.5 Å². The fourth-order valence-corrected chi connectivity index (χ4v) is 2.00. The van der Waals surface area contributed by atoms with Crippen molar-refractivity contribution in [1.29, 1.82) is 0 Å². The summed E-state index contributed by atoms with van der Waals surface area (Å²) in [5, 5.41) is 0. The molecule has 0 fully saturated rings. The van der Waals surface area contributed by atoms with E-state index in [2.05, 4.69) is 0 Å². The highest BCUT2D eigenvalue weighted by molar-refractivity contribution is 14.1. The minimum atomic E-state index is -3.53. The Hall–Kier alpha value is -0.370. The lowest BCUT2D eigenvalue weighted by Crippen LogP contribution is -2.04. The van der Waals surface area contributed by atoms with E-state index in [1.54, 1.807) is 0 Å². The van der Waals surface area contributed by atoms with E-state index in [0.717, 1.165) is 6.26 Å². The Morgan fingerprint density at radius 3 is 2.46 bits per heavy atom. The van der Waals surface area contributed by atoms with Gasteiger partial charge in [-0.2, -0.15) is 0 Å². The molecule has 0 radical (unpaired) electrons. The summed E-state index contributed by atoms with van der Waals surface area (Å²) in [6, 6.07) is 2.68. The van der Waals surface area contributed by atoms with E-state index < -0.39 is 15.7 Å². The van der Waals surface area contributed by atoms with E-state index in [1.807, 2.05) is 22.6 Å². The topological polar surface area (TPSA) is 60.2 Å². The molecule has 0 saturated carbocycles. The number of nitrogen functional groups attached to an aromatic ring is 1. The molecule has 3 nitrogen and oxygen atoms in total. The second-order valence-corrected chi connectivity index (χ2v) is 5.69.